The highest BCUT2D eigenvalue weighted by molar-refractivity contribution is 5.98. The molecule has 0 aliphatic rings. The number of nitro groups is 1. The zero-order chi connectivity index (χ0) is 12.3. The summed E-state index contributed by atoms with van der Waals surface area (Å²) in [4.78, 5) is 20.9. The minimum Gasteiger partial charge on any atom is -0.496 e. The van der Waals surface area contributed by atoms with Crippen LogP contribution in [-0.2, 0) is 0 Å². The largest absolute Gasteiger partial charge is 0.496 e. The highest BCUT2D eigenvalue weighted by Crippen LogP contribution is 2.27. The van der Waals surface area contributed by atoms with Crippen molar-refractivity contribution >= 4 is 11.6 Å². The van der Waals surface area contributed by atoms with Crippen molar-refractivity contribution in [2.75, 3.05) is 7.11 Å². The number of hydrogen-bond donors (Lipinski definition) is 1. The van der Waals surface area contributed by atoms with Gasteiger partial charge in [0.15, 0.2) is 0 Å². The highest BCUT2D eigenvalue weighted by Gasteiger charge is 2.20. The molecule has 82 valence electrons. The van der Waals surface area contributed by atoms with Crippen LogP contribution >= 0.6 is 0 Å². The molecule has 1 aromatic rings. The normalized spacial score (nSPS) is 9.25. The van der Waals surface area contributed by atoms with E-state index >= 15 is 0 Å². The first-order valence-electron chi connectivity index (χ1n) is 4.07. The van der Waals surface area contributed by atoms with Crippen molar-refractivity contribution in [2.45, 2.75) is 0 Å². The molecule has 0 aliphatic carbocycles. The number of nitrogens with zero attached hydrogens (tertiary/aromatic N) is 2. The maximum atomic E-state index is 11.1. The topological polar surface area (TPSA) is 119 Å². The third-order valence-corrected chi connectivity index (χ3v) is 1.88. The van der Waals surface area contributed by atoms with Gasteiger partial charge in [0, 0.05) is 6.07 Å². The highest BCUT2D eigenvalue weighted by atomic mass is 16.6. The molecular formula is C9H7N3O4. The second-order valence-electron chi connectivity index (χ2n) is 2.80. The maximum absolute atomic E-state index is 11.1. The average Bonchev–Trinajstić information content (AvgIpc) is 2.26. The van der Waals surface area contributed by atoms with Crippen LogP contribution in [-0.4, -0.2) is 17.9 Å². The Morgan fingerprint density at radius 2 is 2.25 bits per heavy atom. The first kappa shape index (κ1) is 11.5. The van der Waals surface area contributed by atoms with Gasteiger partial charge in [-0.15, -0.1) is 0 Å². The zero-order valence-electron chi connectivity index (χ0n) is 8.26. The van der Waals surface area contributed by atoms with Gasteiger partial charge in [0.2, 0.25) is 0 Å². The molecule has 0 saturated carbocycles. The van der Waals surface area contributed by atoms with Gasteiger partial charge < -0.3 is 10.5 Å². The number of carbonyl (C=O) groups is 1. The summed E-state index contributed by atoms with van der Waals surface area (Å²) in [5.41, 5.74) is 4.38. The molecule has 0 spiro atoms. The standard InChI is InChI=1S/C9H7N3O4/c1-16-7-3-6(12(14)15)2-5(4-10)8(7)9(11)13/h2-3H,1H3,(H2,11,13). The summed E-state index contributed by atoms with van der Waals surface area (Å²) in [6.45, 7) is 0. The molecule has 1 aromatic carbocycles. The lowest BCUT2D eigenvalue weighted by Crippen LogP contribution is -2.14. The number of nitro benzene ring substituents is 1. The number of hydrogen-bond acceptors (Lipinski definition) is 5. The molecule has 0 aromatic heterocycles. The second-order valence-corrected chi connectivity index (χ2v) is 2.80. The third kappa shape index (κ3) is 1.90. The Labute approximate surface area is 90.2 Å². The molecule has 7 nitrogen and oxygen atoms in total. The van der Waals surface area contributed by atoms with Gasteiger partial charge in [-0.2, -0.15) is 5.26 Å². The van der Waals surface area contributed by atoms with Gasteiger partial charge in [0.25, 0.3) is 11.6 Å². The van der Waals surface area contributed by atoms with E-state index in [1.165, 1.54) is 7.11 Å². The van der Waals surface area contributed by atoms with Crippen molar-refractivity contribution in [2.24, 2.45) is 5.73 Å². The number of primary amides is 1. The van der Waals surface area contributed by atoms with E-state index in [0.717, 1.165) is 12.1 Å². The van der Waals surface area contributed by atoms with E-state index in [4.69, 9.17) is 15.7 Å². The molecule has 16 heavy (non-hydrogen) atoms. The molecule has 0 aliphatic heterocycles. The lowest BCUT2D eigenvalue weighted by Gasteiger charge is -2.06. The summed E-state index contributed by atoms with van der Waals surface area (Å²) in [5, 5.41) is 19.3. The second kappa shape index (κ2) is 4.27. The van der Waals surface area contributed by atoms with Crippen molar-refractivity contribution < 1.29 is 14.5 Å². The average molecular weight is 221 g/mol. The molecule has 0 radical (unpaired) electrons. The van der Waals surface area contributed by atoms with Crippen molar-refractivity contribution in [3.8, 4) is 11.8 Å². The third-order valence-electron chi connectivity index (χ3n) is 1.88. The summed E-state index contributed by atoms with van der Waals surface area (Å²) in [6, 6.07) is 3.68. The number of nitrogens with two attached hydrogens (primary N) is 1. The van der Waals surface area contributed by atoms with Gasteiger partial charge in [-0.3, -0.25) is 14.9 Å². The predicted molar refractivity (Wildman–Crippen MR) is 52.9 cm³/mol. The van der Waals surface area contributed by atoms with E-state index in [2.05, 4.69) is 0 Å². The predicted octanol–water partition coefficient (Wildman–Crippen LogP) is 0.574. The van der Waals surface area contributed by atoms with Crippen LogP contribution in [0.5, 0.6) is 5.75 Å². The SMILES string of the molecule is COc1cc([N+](=O)[O-])cc(C#N)c1C(N)=O. The number of non-ortho nitro benzene ring substituents is 1. The first-order valence-corrected chi connectivity index (χ1v) is 4.07. The molecular weight excluding hydrogens is 214 g/mol. The number of nitriles is 1. The number of amides is 1. The summed E-state index contributed by atoms with van der Waals surface area (Å²) in [5.74, 6) is -0.957. The van der Waals surface area contributed by atoms with Crippen molar-refractivity contribution in [3.63, 3.8) is 0 Å². The molecule has 0 unspecified atom stereocenters. The van der Waals surface area contributed by atoms with Gasteiger partial charge in [-0.05, 0) is 0 Å². The number of methoxy groups -OCH3 is 1. The molecule has 7 heteroatoms. The van der Waals surface area contributed by atoms with Crippen LogP contribution in [0.15, 0.2) is 12.1 Å². The Balaban J connectivity index is 3.57. The van der Waals surface area contributed by atoms with Crippen molar-refractivity contribution in [1.82, 2.24) is 0 Å². The molecule has 0 saturated heterocycles. The van der Waals surface area contributed by atoms with Gasteiger partial charge in [0.1, 0.15) is 11.8 Å². The minimum absolute atomic E-state index is 0.0850. The quantitative estimate of drug-likeness (QED) is 0.591. The lowest BCUT2D eigenvalue weighted by molar-refractivity contribution is -0.384. The van der Waals surface area contributed by atoms with E-state index in [9.17, 15) is 14.9 Å². The van der Waals surface area contributed by atoms with Crippen LogP contribution in [0.1, 0.15) is 15.9 Å². The Morgan fingerprint density at radius 1 is 1.62 bits per heavy atom. The first-order chi connectivity index (χ1) is 7.51. The van der Waals surface area contributed by atoms with E-state index in [1.54, 1.807) is 6.07 Å². The Morgan fingerprint density at radius 3 is 2.62 bits per heavy atom. The van der Waals surface area contributed by atoms with Crippen molar-refractivity contribution in [1.29, 1.82) is 5.26 Å². The number of carbonyl (C=O) groups excluding carboxylic acids is 1. The van der Waals surface area contributed by atoms with Crippen LogP contribution < -0.4 is 10.5 Å². The summed E-state index contributed by atoms with van der Waals surface area (Å²) in [6.07, 6.45) is 0. The van der Waals surface area contributed by atoms with Crippen LogP contribution in [0, 0.1) is 21.4 Å². The summed E-state index contributed by atoms with van der Waals surface area (Å²) < 4.78 is 4.78. The summed E-state index contributed by atoms with van der Waals surface area (Å²) in [7, 11) is 1.23. The van der Waals surface area contributed by atoms with Crippen LogP contribution in [0.25, 0.3) is 0 Å². The van der Waals surface area contributed by atoms with E-state index in [1.807, 2.05) is 0 Å². The number of rotatable bonds is 3. The Kier molecular flexibility index (Phi) is 3.06. The van der Waals surface area contributed by atoms with E-state index in [0.29, 0.717) is 0 Å². The zero-order valence-corrected chi connectivity index (χ0v) is 8.26. The maximum Gasteiger partial charge on any atom is 0.274 e. The van der Waals surface area contributed by atoms with E-state index in [-0.39, 0.29) is 22.6 Å². The molecule has 1 amide bonds. The number of ether oxygens (including phenoxy) is 1. The van der Waals surface area contributed by atoms with Crippen LogP contribution in [0.2, 0.25) is 0 Å². The molecule has 0 heterocycles. The fraction of sp³-hybridized carbons (Fsp3) is 0.111. The minimum atomic E-state index is -0.872. The fourth-order valence-electron chi connectivity index (χ4n) is 1.21. The molecule has 0 atom stereocenters. The smallest absolute Gasteiger partial charge is 0.274 e. The van der Waals surface area contributed by atoms with E-state index < -0.39 is 10.8 Å². The lowest BCUT2D eigenvalue weighted by atomic mass is 10.1. The van der Waals surface area contributed by atoms with Gasteiger partial charge in [-0.25, -0.2) is 0 Å². The summed E-state index contributed by atoms with van der Waals surface area (Å²) >= 11 is 0. The van der Waals surface area contributed by atoms with Gasteiger partial charge in [0.05, 0.1) is 29.2 Å². The van der Waals surface area contributed by atoms with Crippen molar-refractivity contribution in [3.05, 3.63) is 33.4 Å². The molecule has 2 N–H and O–H groups in total. The monoisotopic (exact) mass is 221 g/mol. The Bertz CT molecular complexity index is 504. The van der Waals surface area contributed by atoms with Gasteiger partial charge >= 0.3 is 0 Å². The number of benzene rings is 1. The van der Waals surface area contributed by atoms with Gasteiger partial charge in [-0.1, -0.05) is 0 Å². The van der Waals surface area contributed by atoms with Crippen LogP contribution in [0.4, 0.5) is 5.69 Å². The molecule has 1 rings (SSSR count). The fourth-order valence-corrected chi connectivity index (χ4v) is 1.21. The molecule has 0 fully saturated rings. The van der Waals surface area contributed by atoms with Crippen LogP contribution in [0.3, 0.4) is 0 Å². The molecule has 0 bridgehead atoms. The Hall–Kier alpha value is -2.62.